The first-order chi connectivity index (χ1) is 7.22. The molecule has 0 spiro atoms. The Balaban J connectivity index is 2.49. The van der Waals surface area contributed by atoms with Gasteiger partial charge in [0.1, 0.15) is 10.7 Å². The van der Waals surface area contributed by atoms with Crippen LogP contribution in [0.3, 0.4) is 0 Å². The van der Waals surface area contributed by atoms with Crippen LogP contribution in [0.1, 0.15) is 0 Å². The highest BCUT2D eigenvalue weighted by atomic mass is 35.5. The molecule has 0 atom stereocenters. The number of imidazole rings is 1. The summed E-state index contributed by atoms with van der Waals surface area (Å²) in [5.74, 6) is 0. The molecule has 0 aromatic carbocycles. The van der Waals surface area contributed by atoms with Gasteiger partial charge in [0.2, 0.25) is 0 Å². The minimum atomic E-state index is 0.367. The van der Waals surface area contributed by atoms with Crippen molar-refractivity contribution in [1.82, 2.24) is 14.5 Å². The lowest BCUT2D eigenvalue weighted by Gasteiger charge is -2.02. The molecule has 2 aromatic rings. The first-order valence-corrected chi connectivity index (χ1v) is 5.14. The number of fused-ring (bicyclic) bond motifs is 1. The maximum Gasteiger partial charge on any atom is 0.163 e. The SMILES string of the molecule is COCCn1cnc2c(Cl)cc(Cl)nc21. The summed E-state index contributed by atoms with van der Waals surface area (Å²) >= 11 is 11.8. The summed E-state index contributed by atoms with van der Waals surface area (Å²) in [5, 5.41) is 0.882. The number of rotatable bonds is 3. The van der Waals surface area contributed by atoms with E-state index in [1.54, 1.807) is 19.5 Å². The van der Waals surface area contributed by atoms with E-state index in [-0.39, 0.29) is 0 Å². The summed E-state index contributed by atoms with van der Waals surface area (Å²) in [4.78, 5) is 8.34. The highest BCUT2D eigenvalue weighted by Crippen LogP contribution is 2.23. The van der Waals surface area contributed by atoms with Gasteiger partial charge in [-0.25, -0.2) is 9.97 Å². The number of ether oxygens (including phenoxy) is 1. The molecule has 2 heterocycles. The van der Waals surface area contributed by atoms with E-state index >= 15 is 0 Å². The van der Waals surface area contributed by atoms with Gasteiger partial charge in [-0.1, -0.05) is 23.2 Å². The second kappa shape index (κ2) is 4.35. The van der Waals surface area contributed by atoms with Gasteiger partial charge in [-0.05, 0) is 6.07 Å². The summed E-state index contributed by atoms with van der Waals surface area (Å²) in [6, 6.07) is 1.58. The molecule has 0 aliphatic rings. The maximum atomic E-state index is 5.98. The Morgan fingerprint density at radius 3 is 3.00 bits per heavy atom. The lowest BCUT2D eigenvalue weighted by atomic mass is 10.4. The number of halogens is 2. The van der Waals surface area contributed by atoms with Gasteiger partial charge in [-0.15, -0.1) is 0 Å². The van der Waals surface area contributed by atoms with Crippen LogP contribution in [0, 0.1) is 0 Å². The summed E-state index contributed by atoms with van der Waals surface area (Å²) in [6.45, 7) is 1.27. The Kier molecular flexibility index (Phi) is 3.09. The van der Waals surface area contributed by atoms with E-state index in [2.05, 4.69) is 9.97 Å². The molecular weight excluding hydrogens is 237 g/mol. The van der Waals surface area contributed by atoms with Crippen LogP contribution in [-0.4, -0.2) is 28.3 Å². The monoisotopic (exact) mass is 245 g/mol. The molecule has 0 unspecified atom stereocenters. The smallest absolute Gasteiger partial charge is 0.163 e. The van der Waals surface area contributed by atoms with Crippen molar-refractivity contribution in [3.63, 3.8) is 0 Å². The van der Waals surface area contributed by atoms with Gasteiger partial charge in [0.05, 0.1) is 18.0 Å². The number of hydrogen-bond donors (Lipinski definition) is 0. The van der Waals surface area contributed by atoms with E-state index in [1.807, 2.05) is 4.57 Å². The Morgan fingerprint density at radius 1 is 1.47 bits per heavy atom. The van der Waals surface area contributed by atoms with Crippen LogP contribution >= 0.6 is 23.2 Å². The molecule has 80 valence electrons. The van der Waals surface area contributed by atoms with Crippen LogP contribution in [0.2, 0.25) is 10.2 Å². The molecule has 4 nitrogen and oxygen atoms in total. The van der Waals surface area contributed by atoms with Crippen molar-refractivity contribution in [1.29, 1.82) is 0 Å². The highest BCUT2D eigenvalue weighted by molar-refractivity contribution is 6.37. The maximum absolute atomic E-state index is 5.98. The van der Waals surface area contributed by atoms with Gasteiger partial charge >= 0.3 is 0 Å². The van der Waals surface area contributed by atoms with Crippen molar-refractivity contribution in [2.75, 3.05) is 13.7 Å². The molecule has 0 bridgehead atoms. The Hall–Kier alpha value is -0.840. The number of pyridine rings is 1. The first kappa shape index (κ1) is 10.7. The van der Waals surface area contributed by atoms with Crippen LogP contribution in [0.4, 0.5) is 0 Å². The zero-order valence-electron chi connectivity index (χ0n) is 8.07. The fourth-order valence-electron chi connectivity index (χ4n) is 1.32. The molecule has 2 aromatic heterocycles. The van der Waals surface area contributed by atoms with Crippen LogP contribution < -0.4 is 0 Å². The van der Waals surface area contributed by atoms with Gasteiger partial charge in [-0.3, -0.25) is 0 Å². The molecule has 15 heavy (non-hydrogen) atoms. The summed E-state index contributed by atoms with van der Waals surface area (Å²) in [6.07, 6.45) is 1.68. The zero-order chi connectivity index (χ0) is 10.8. The van der Waals surface area contributed by atoms with Gasteiger partial charge in [0, 0.05) is 13.7 Å². The van der Waals surface area contributed by atoms with Crippen molar-refractivity contribution in [2.45, 2.75) is 6.54 Å². The topological polar surface area (TPSA) is 39.9 Å². The quantitative estimate of drug-likeness (QED) is 0.780. The summed E-state index contributed by atoms with van der Waals surface area (Å²) in [5.41, 5.74) is 1.35. The zero-order valence-corrected chi connectivity index (χ0v) is 9.59. The van der Waals surface area contributed by atoms with Crippen molar-refractivity contribution in [3.05, 3.63) is 22.6 Å². The third-order valence-electron chi connectivity index (χ3n) is 2.03. The van der Waals surface area contributed by atoms with Crippen LogP contribution in [0.15, 0.2) is 12.4 Å². The normalized spacial score (nSPS) is 11.1. The lowest BCUT2D eigenvalue weighted by molar-refractivity contribution is 0.188. The molecule has 0 amide bonds. The summed E-state index contributed by atoms with van der Waals surface area (Å²) in [7, 11) is 1.65. The molecule has 0 aliphatic carbocycles. The predicted octanol–water partition coefficient (Wildman–Crippen LogP) is 2.38. The number of nitrogens with zero attached hydrogens (tertiary/aromatic N) is 3. The fraction of sp³-hybridized carbons (Fsp3) is 0.333. The van der Waals surface area contributed by atoms with E-state index in [0.29, 0.717) is 34.5 Å². The third-order valence-corrected chi connectivity index (χ3v) is 2.51. The molecule has 6 heteroatoms. The molecule has 0 saturated carbocycles. The van der Waals surface area contributed by atoms with E-state index in [4.69, 9.17) is 27.9 Å². The van der Waals surface area contributed by atoms with Crippen molar-refractivity contribution >= 4 is 34.4 Å². The minimum Gasteiger partial charge on any atom is -0.383 e. The Bertz CT molecular complexity index is 483. The molecular formula is C9H9Cl2N3O. The molecule has 0 aliphatic heterocycles. The van der Waals surface area contributed by atoms with Crippen LogP contribution in [0.5, 0.6) is 0 Å². The third kappa shape index (κ3) is 2.07. The number of hydrogen-bond acceptors (Lipinski definition) is 3. The fourth-order valence-corrected chi connectivity index (χ4v) is 1.80. The first-order valence-electron chi connectivity index (χ1n) is 4.38. The predicted molar refractivity (Wildman–Crippen MR) is 59.4 cm³/mol. The minimum absolute atomic E-state index is 0.367. The second-order valence-corrected chi connectivity index (χ2v) is 3.82. The van der Waals surface area contributed by atoms with E-state index in [9.17, 15) is 0 Å². The Morgan fingerprint density at radius 2 is 2.27 bits per heavy atom. The molecule has 2 rings (SSSR count). The molecule has 0 N–H and O–H groups in total. The van der Waals surface area contributed by atoms with E-state index < -0.39 is 0 Å². The van der Waals surface area contributed by atoms with Crippen LogP contribution in [0.25, 0.3) is 11.2 Å². The largest absolute Gasteiger partial charge is 0.383 e. The number of aromatic nitrogens is 3. The van der Waals surface area contributed by atoms with E-state index in [1.165, 1.54) is 0 Å². The molecule has 0 fully saturated rings. The molecule has 0 radical (unpaired) electrons. The highest BCUT2D eigenvalue weighted by Gasteiger charge is 2.08. The van der Waals surface area contributed by atoms with Gasteiger partial charge in [0.15, 0.2) is 5.65 Å². The second-order valence-electron chi connectivity index (χ2n) is 3.03. The van der Waals surface area contributed by atoms with Gasteiger partial charge < -0.3 is 9.30 Å². The summed E-state index contributed by atoms with van der Waals surface area (Å²) < 4.78 is 6.84. The van der Waals surface area contributed by atoms with Gasteiger partial charge in [0.25, 0.3) is 0 Å². The van der Waals surface area contributed by atoms with Gasteiger partial charge in [-0.2, -0.15) is 0 Å². The average molecular weight is 246 g/mol. The average Bonchev–Trinajstić information content (AvgIpc) is 2.58. The van der Waals surface area contributed by atoms with Crippen molar-refractivity contribution in [2.24, 2.45) is 0 Å². The standard InChI is InChI=1S/C9H9Cl2N3O/c1-15-3-2-14-5-12-8-6(10)4-7(11)13-9(8)14/h4-5H,2-3H2,1H3. The molecule has 0 saturated heterocycles. The van der Waals surface area contributed by atoms with Crippen LogP contribution in [-0.2, 0) is 11.3 Å². The van der Waals surface area contributed by atoms with Crippen molar-refractivity contribution in [3.8, 4) is 0 Å². The lowest BCUT2D eigenvalue weighted by Crippen LogP contribution is -2.03. The number of methoxy groups -OCH3 is 1. The Labute approximate surface area is 96.8 Å². The van der Waals surface area contributed by atoms with E-state index in [0.717, 1.165) is 0 Å². The van der Waals surface area contributed by atoms with Crippen molar-refractivity contribution < 1.29 is 4.74 Å².